The van der Waals surface area contributed by atoms with Crippen LogP contribution in [0.2, 0.25) is 5.02 Å². The van der Waals surface area contributed by atoms with Crippen molar-refractivity contribution in [2.45, 2.75) is 19.9 Å². The highest BCUT2D eigenvalue weighted by molar-refractivity contribution is 14.0. The lowest BCUT2D eigenvalue weighted by Gasteiger charge is -2.21. The van der Waals surface area contributed by atoms with Crippen LogP contribution in [0.3, 0.4) is 0 Å². The van der Waals surface area contributed by atoms with Crippen molar-refractivity contribution in [1.82, 2.24) is 20.4 Å². The fraction of sp³-hybridized carbons (Fsp3) is 0.316. The van der Waals surface area contributed by atoms with Gasteiger partial charge in [-0.05, 0) is 49.1 Å². The van der Waals surface area contributed by atoms with Gasteiger partial charge in [0, 0.05) is 35.6 Å². The third kappa shape index (κ3) is 6.46. The average molecular weight is 532 g/mol. The van der Waals surface area contributed by atoms with Crippen molar-refractivity contribution in [2.24, 2.45) is 4.99 Å². The van der Waals surface area contributed by atoms with Crippen LogP contribution in [0.15, 0.2) is 51.3 Å². The topological polar surface area (TPSA) is 66.5 Å². The first kappa shape index (κ1) is 22.6. The molecule has 1 aromatic carbocycles. The Bertz CT molecular complexity index is 867. The van der Waals surface area contributed by atoms with Crippen LogP contribution in [-0.4, -0.2) is 41.1 Å². The molecule has 0 spiro atoms. The Morgan fingerprint density at radius 2 is 2.07 bits per heavy atom. The molecule has 1 N–H and O–H groups in total. The van der Waals surface area contributed by atoms with E-state index in [1.54, 1.807) is 23.5 Å². The van der Waals surface area contributed by atoms with Gasteiger partial charge in [-0.1, -0.05) is 22.8 Å². The van der Waals surface area contributed by atoms with Crippen LogP contribution < -0.4 is 5.32 Å². The minimum Gasteiger partial charge on any atom is -0.357 e. The Morgan fingerprint density at radius 3 is 2.75 bits per heavy atom. The third-order valence-electron chi connectivity index (χ3n) is 3.90. The highest BCUT2D eigenvalue weighted by Crippen LogP contribution is 2.18. The molecule has 9 heteroatoms. The van der Waals surface area contributed by atoms with E-state index in [1.807, 2.05) is 26.1 Å². The van der Waals surface area contributed by atoms with Gasteiger partial charge < -0.3 is 14.7 Å². The average Bonchev–Trinajstić information content (AvgIpc) is 3.36. The second kappa shape index (κ2) is 11.4. The molecular formula is C19H23ClIN5OS. The van der Waals surface area contributed by atoms with Crippen LogP contribution in [0, 0.1) is 0 Å². The second-order valence-electron chi connectivity index (χ2n) is 5.94. The number of rotatable bonds is 7. The maximum absolute atomic E-state index is 5.91. The molecule has 6 nitrogen and oxygen atoms in total. The van der Waals surface area contributed by atoms with Crippen molar-refractivity contribution in [3.05, 3.63) is 57.6 Å². The Balaban J connectivity index is 0.00000280. The fourth-order valence-electron chi connectivity index (χ4n) is 2.49. The summed E-state index contributed by atoms with van der Waals surface area (Å²) < 4.78 is 5.33. The minimum absolute atomic E-state index is 0. The molecule has 0 radical (unpaired) electrons. The number of likely N-dealkylation sites (N-methyl/N-ethyl adjacent to an activating group) is 1. The fourth-order valence-corrected chi connectivity index (χ4v) is 3.31. The normalized spacial score (nSPS) is 11.2. The summed E-state index contributed by atoms with van der Waals surface area (Å²) in [5.74, 6) is 1.83. The zero-order valence-electron chi connectivity index (χ0n) is 15.8. The molecule has 0 aliphatic carbocycles. The van der Waals surface area contributed by atoms with E-state index in [2.05, 4.69) is 42.9 Å². The van der Waals surface area contributed by atoms with Crippen molar-refractivity contribution >= 4 is 52.9 Å². The minimum atomic E-state index is 0. The van der Waals surface area contributed by atoms with Crippen molar-refractivity contribution in [1.29, 1.82) is 0 Å². The number of guanidine groups is 1. The van der Waals surface area contributed by atoms with E-state index in [9.17, 15) is 0 Å². The molecular weight excluding hydrogens is 509 g/mol. The van der Waals surface area contributed by atoms with Crippen molar-refractivity contribution in [3.63, 3.8) is 0 Å². The predicted molar refractivity (Wildman–Crippen MR) is 126 cm³/mol. The zero-order chi connectivity index (χ0) is 19.1. The summed E-state index contributed by atoms with van der Waals surface area (Å²) in [6.45, 7) is 4.05. The third-order valence-corrected chi connectivity index (χ3v) is 5.09. The number of hydrogen-bond acceptors (Lipinski definition) is 5. The smallest absolute Gasteiger partial charge is 0.248 e. The Labute approximate surface area is 191 Å². The van der Waals surface area contributed by atoms with Gasteiger partial charge in [0.25, 0.3) is 0 Å². The molecule has 0 unspecified atom stereocenters. The number of benzene rings is 1. The van der Waals surface area contributed by atoms with Gasteiger partial charge in [-0.3, -0.25) is 0 Å². The number of aromatic nitrogens is 2. The standard InChI is InChI=1S/C19H22ClN5OS.HI/c1-3-21-19(25(2)11-10-16-5-4-12-27-16)22-13-17-23-18(24-26-17)14-6-8-15(20)9-7-14;/h4-9,12H,3,10-11,13H2,1-2H3,(H,21,22);1H. The van der Waals surface area contributed by atoms with Crippen LogP contribution in [0.4, 0.5) is 0 Å². The van der Waals surface area contributed by atoms with Crippen molar-refractivity contribution in [2.75, 3.05) is 20.1 Å². The molecule has 0 saturated heterocycles. The summed E-state index contributed by atoms with van der Waals surface area (Å²) in [5.41, 5.74) is 0.860. The van der Waals surface area contributed by atoms with Gasteiger partial charge >= 0.3 is 0 Å². The summed E-state index contributed by atoms with van der Waals surface area (Å²) in [6, 6.07) is 11.6. The van der Waals surface area contributed by atoms with Crippen LogP contribution >= 0.6 is 46.9 Å². The Morgan fingerprint density at radius 1 is 1.29 bits per heavy atom. The van der Waals surface area contributed by atoms with Gasteiger partial charge in [0.1, 0.15) is 6.54 Å². The van der Waals surface area contributed by atoms with Crippen molar-refractivity contribution < 1.29 is 4.52 Å². The number of nitrogens with one attached hydrogen (secondary N) is 1. The number of nitrogens with zero attached hydrogens (tertiary/aromatic N) is 4. The molecule has 2 heterocycles. The van der Waals surface area contributed by atoms with E-state index in [0.29, 0.717) is 23.3 Å². The van der Waals surface area contributed by atoms with E-state index < -0.39 is 0 Å². The van der Waals surface area contributed by atoms with Gasteiger partial charge in [0.15, 0.2) is 5.96 Å². The maximum Gasteiger partial charge on any atom is 0.248 e. The lowest BCUT2D eigenvalue weighted by Crippen LogP contribution is -2.39. The lowest BCUT2D eigenvalue weighted by atomic mass is 10.2. The molecule has 3 rings (SSSR count). The highest BCUT2D eigenvalue weighted by Gasteiger charge is 2.10. The maximum atomic E-state index is 5.91. The first-order chi connectivity index (χ1) is 13.2. The Hall–Kier alpha value is -1.65. The van der Waals surface area contributed by atoms with E-state index in [1.165, 1.54) is 4.88 Å². The highest BCUT2D eigenvalue weighted by atomic mass is 127. The molecule has 150 valence electrons. The molecule has 28 heavy (non-hydrogen) atoms. The van der Waals surface area contributed by atoms with E-state index in [-0.39, 0.29) is 24.0 Å². The van der Waals surface area contributed by atoms with E-state index >= 15 is 0 Å². The number of halogens is 2. The van der Waals surface area contributed by atoms with Gasteiger partial charge in [0.2, 0.25) is 11.7 Å². The van der Waals surface area contributed by atoms with Crippen molar-refractivity contribution in [3.8, 4) is 11.4 Å². The zero-order valence-corrected chi connectivity index (χ0v) is 19.7. The molecule has 0 bridgehead atoms. The quantitative estimate of drug-likeness (QED) is 0.272. The van der Waals surface area contributed by atoms with Gasteiger partial charge in [-0.25, -0.2) is 4.99 Å². The van der Waals surface area contributed by atoms with Crippen LogP contribution in [0.25, 0.3) is 11.4 Å². The predicted octanol–water partition coefficient (Wildman–Crippen LogP) is 4.71. The largest absolute Gasteiger partial charge is 0.357 e. The molecule has 0 fully saturated rings. The first-order valence-electron chi connectivity index (χ1n) is 8.76. The molecule has 0 aliphatic heterocycles. The molecule has 2 aromatic heterocycles. The number of aliphatic imine (C=N–C) groups is 1. The van der Waals surface area contributed by atoms with Gasteiger partial charge in [-0.2, -0.15) is 4.98 Å². The number of hydrogen-bond donors (Lipinski definition) is 1. The van der Waals surface area contributed by atoms with E-state index in [4.69, 9.17) is 16.1 Å². The van der Waals surface area contributed by atoms with Gasteiger partial charge in [0.05, 0.1) is 0 Å². The summed E-state index contributed by atoms with van der Waals surface area (Å²) in [7, 11) is 2.03. The molecule has 3 aromatic rings. The SMILES string of the molecule is CCNC(=NCc1nc(-c2ccc(Cl)cc2)no1)N(C)CCc1cccs1.I. The summed E-state index contributed by atoms with van der Waals surface area (Å²) in [5, 5.41) is 10.1. The van der Waals surface area contributed by atoms with E-state index in [0.717, 1.165) is 31.0 Å². The van der Waals surface area contributed by atoms with Crippen LogP contribution in [-0.2, 0) is 13.0 Å². The van der Waals surface area contributed by atoms with Gasteiger partial charge in [-0.15, -0.1) is 35.3 Å². The van der Waals surface area contributed by atoms with Crippen LogP contribution in [0.5, 0.6) is 0 Å². The molecule has 0 amide bonds. The summed E-state index contributed by atoms with van der Waals surface area (Å²) in [4.78, 5) is 12.5. The summed E-state index contributed by atoms with van der Waals surface area (Å²) >= 11 is 7.69. The molecule has 0 atom stereocenters. The monoisotopic (exact) mass is 531 g/mol. The Kier molecular flexibility index (Phi) is 9.20. The second-order valence-corrected chi connectivity index (χ2v) is 7.41. The number of thiophene rings is 1. The molecule has 0 saturated carbocycles. The molecule has 0 aliphatic rings. The lowest BCUT2D eigenvalue weighted by molar-refractivity contribution is 0.379. The summed E-state index contributed by atoms with van der Waals surface area (Å²) in [6.07, 6.45) is 0.986. The first-order valence-corrected chi connectivity index (χ1v) is 10.0. The van der Waals surface area contributed by atoms with Crippen LogP contribution in [0.1, 0.15) is 17.7 Å².